The number of ether oxygens (including phenoxy) is 1. The van der Waals surface area contributed by atoms with Crippen LogP contribution in [0.3, 0.4) is 0 Å². The van der Waals surface area contributed by atoms with Gasteiger partial charge in [-0.25, -0.2) is 13.4 Å². The summed E-state index contributed by atoms with van der Waals surface area (Å²) in [5.41, 5.74) is 5.04. The van der Waals surface area contributed by atoms with Crippen LogP contribution in [0.5, 0.6) is 5.75 Å². The van der Waals surface area contributed by atoms with Gasteiger partial charge in [0.25, 0.3) is 0 Å². The van der Waals surface area contributed by atoms with E-state index in [4.69, 9.17) is 4.74 Å². The number of carbonyl (C=O) groups is 1. The number of nitrogens with one attached hydrogen (secondary N) is 1. The number of hydrogen-bond donors (Lipinski definition) is 1. The SMILES string of the molecule is Cc1cc(S(=O)(=O)N2CC[C@@H](C(=O)Nc3ccc4scnc4c3)C2)cc2c1OCC2. The van der Waals surface area contributed by atoms with Crippen LogP contribution in [0, 0.1) is 12.8 Å². The zero-order valence-corrected chi connectivity index (χ0v) is 18.1. The molecule has 30 heavy (non-hydrogen) atoms. The minimum Gasteiger partial charge on any atom is -0.493 e. The number of carbonyl (C=O) groups excluding carboxylic acids is 1. The number of nitrogens with zero attached hydrogens (tertiary/aromatic N) is 2. The van der Waals surface area contributed by atoms with Gasteiger partial charge in [0.05, 0.1) is 33.1 Å². The molecule has 2 aliphatic rings. The van der Waals surface area contributed by atoms with Crippen molar-refractivity contribution in [2.75, 3.05) is 25.0 Å². The largest absolute Gasteiger partial charge is 0.493 e. The Kier molecular flexibility index (Phi) is 4.76. The minimum absolute atomic E-state index is 0.166. The van der Waals surface area contributed by atoms with Gasteiger partial charge in [0.15, 0.2) is 0 Å². The second-order valence-electron chi connectivity index (χ2n) is 7.70. The van der Waals surface area contributed by atoms with Crippen molar-refractivity contribution in [2.45, 2.75) is 24.7 Å². The Morgan fingerprint density at radius 3 is 3.03 bits per heavy atom. The van der Waals surface area contributed by atoms with Crippen molar-refractivity contribution in [2.24, 2.45) is 5.92 Å². The van der Waals surface area contributed by atoms with Crippen molar-refractivity contribution in [3.63, 3.8) is 0 Å². The van der Waals surface area contributed by atoms with Gasteiger partial charge in [0.1, 0.15) is 5.75 Å². The molecule has 1 atom stereocenters. The Morgan fingerprint density at radius 1 is 1.30 bits per heavy atom. The lowest BCUT2D eigenvalue weighted by molar-refractivity contribution is -0.119. The first-order valence-electron chi connectivity index (χ1n) is 9.82. The number of rotatable bonds is 4. The molecular weight excluding hydrogens is 422 g/mol. The molecule has 1 fully saturated rings. The molecule has 0 bridgehead atoms. The van der Waals surface area contributed by atoms with Crippen molar-refractivity contribution >= 4 is 43.2 Å². The number of benzene rings is 2. The second kappa shape index (κ2) is 7.33. The number of hydrogen-bond acceptors (Lipinski definition) is 6. The highest BCUT2D eigenvalue weighted by Crippen LogP contribution is 2.34. The molecule has 1 amide bonds. The summed E-state index contributed by atoms with van der Waals surface area (Å²) in [6.07, 6.45) is 1.21. The monoisotopic (exact) mass is 443 g/mol. The van der Waals surface area contributed by atoms with E-state index in [1.807, 2.05) is 25.1 Å². The smallest absolute Gasteiger partial charge is 0.243 e. The van der Waals surface area contributed by atoms with Crippen molar-refractivity contribution in [3.05, 3.63) is 47.0 Å². The quantitative estimate of drug-likeness (QED) is 0.669. The highest BCUT2D eigenvalue weighted by atomic mass is 32.2. The maximum atomic E-state index is 13.2. The summed E-state index contributed by atoms with van der Waals surface area (Å²) in [7, 11) is -3.65. The Morgan fingerprint density at radius 2 is 2.17 bits per heavy atom. The molecular formula is C21H21N3O4S2. The first kappa shape index (κ1) is 19.5. The van der Waals surface area contributed by atoms with Crippen LogP contribution in [0.1, 0.15) is 17.5 Å². The van der Waals surface area contributed by atoms with E-state index in [9.17, 15) is 13.2 Å². The fourth-order valence-electron chi connectivity index (χ4n) is 4.10. The van der Waals surface area contributed by atoms with Crippen molar-refractivity contribution in [1.29, 1.82) is 0 Å². The van der Waals surface area contributed by atoms with E-state index >= 15 is 0 Å². The summed E-state index contributed by atoms with van der Waals surface area (Å²) in [6, 6.07) is 8.98. The van der Waals surface area contributed by atoms with Gasteiger partial charge in [0.2, 0.25) is 15.9 Å². The summed E-state index contributed by atoms with van der Waals surface area (Å²) in [6.45, 7) is 2.96. The average molecular weight is 444 g/mol. The fourth-order valence-corrected chi connectivity index (χ4v) is 6.40. The number of aryl methyl sites for hydroxylation is 1. The van der Waals surface area contributed by atoms with Crippen LogP contribution < -0.4 is 10.1 Å². The predicted octanol–water partition coefficient (Wildman–Crippen LogP) is 3.19. The topological polar surface area (TPSA) is 88.6 Å². The lowest BCUT2D eigenvalue weighted by atomic mass is 10.1. The Hall–Kier alpha value is -2.49. The Bertz CT molecular complexity index is 1250. The molecule has 156 valence electrons. The van der Waals surface area contributed by atoms with Gasteiger partial charge in [-0.15, -0.1) is 11.3 Å². The standard InChI is InChI=1S/C21H21N3O4S2/c1-13-8-17(9-14-5-7-28-20(13)14)30(26,27)24-6-4-15(11-24)21(25)23-16-2-3-19-18(10-16)22-12-29-19/h2-3,8-10,12,15H,4-7,11H2,1H3,(H,23,25)/t15-/m1/s1. The van der Waals surface area contributed by atoms with E-state index in [0.717, 1.165) is 27.1 Å². The molecule has 0 saturated carbocycles. The van der Waals surface area contributed by atoms with E-state index in [-0.39, 0.29) is 23.3 Å². The Balaban J connectivity index is 1.31. The second-order valence-corrected chi connectivity index (χ2v) is 10.5. The summed E-state index contributed by atoms with van der Waals surface area (Å²) in [4.78, 5) is 17.3. The van der Waals surface area contributed by atoms with Gasteiger partial charge in [-0.2, -0.15) is 4.31 Å². The zero-order valence-electron chi connectivity index (χ0n) is 16.4. The summed E-state index contributed by atoms with van der Waals surface area (Å²) in [5.74, 6) is 0.246. The van der Waals surface area contributed by atoms with E-state index in [1.165, 1.54) is 4.31 Å². The molecule has 2 aromatic carbocycles. The van der Waals surface area contributed by atoms with Gasteiger partial charge >= 0.3 is 0 Å². The third kappa shape index (κ3) is 3.36. The van der Waals surface area contributed by atoms with Gasteiger partial charge in [-0.1, -0.05) is 0 Å². The number of sulfonamides is 1. The van der Waals surface area contributed by atoms with Crippen LogP contribution in [0.4, 0.5) is 5.69 Å². The average Bonchev–Trinajstić information content (AvgIpc) is 3.47. The number of amides is 1. The first-order chi connectivity index (χ1) is 14.4. The normalized spacial score (nSPS) is 19.0. The molecule has 1 N–H and O–H groups in total. The van der Waals surface area contributed by atoms with Gasteiger partial charge in [-0.3, -0.25) is 4.79 Å². The molecule has 0 spiro atoms. The number of fused-ring (bicyclic) bond motifs is 2. The molecule has 3 aromatic rings. The number of anilines is 1. The molecule has 0 unspecified atom stereocenters. The molecule has 1 aromatic heterocycles. The van der Waals surface area contributed by atoms with Crippen LogP contribution in [0.15, 0.2) is 40.7 Å². The van der Waals surface area contributed by atoms with Crippen LogP contribution >= 0.6 is 11.3 Å². The van der Waals surface area contributed by atoms with E-state index in [0.29, 0.717) is 31.7 Å². The summed E-state index contributed by atoms with van der Waals surface area (Å²) < 4.78 is 34.4. The van der Waals surface area contributed by atoms with Gasteiger partial charge in [-0.05, 0) is 54.8 Å². The molecule has 3 heterocycles. The van der Waals surface area contributed by atoms with Crippen LogP contribution in [-0.2, 0) is 21.2 Å². The zero-order chi connectivity index (χ0) is 20.9. The Labute approximate surface area is 178 Å². The molecule has 0 radical (unpaired) electrons. The van der Waals surface area contributed by atoms with Crippen LogP contribution in [0.2, 0.25) is 0 Å². The lowest BCUT2D eigenvalue weighted by Crippen LogP contribution is -2.31. The van der Waals surface area contributed by atoms with Crippen molar-refractivity contribution in [3.8, 4) is 5.75 Å². The lowest BCUT2D eigenvalue weighted by Gasteiger charge is -2.18. The molecule has 0 aliphatic carbocycles. The molecule has 7 nitrogen and oxygen atoms in total. The van der Waals surface area contributed by atoms with Crippen LogP contribution in [-0.4, -0.2) is 43.3 Å². The number of thiazole rings is 1. The fraction of sp³-hybridized carbons (Fsp3) is 0.333. The maximum absolute atomic E-state index is 13.2. The number of aromatic nitrogens is 1. The van der Waals surface area contributed by atoms with E-state index < -0.39 is 10.0 Å². The molecule has 1 saturated heterocycles. The molecule has 9 heteroatoms. The van der Waals surface area contributed by atoms with Crippen molar-refractivity contribution in [1.82, 2.24) is 9.29 Å². The highest BCUT2D eigenvalue weighted by molar-refractivity contribution is 7.89. The third-order valence-corrected chi connectivity index (χ3v) is 8.35. The van der Waals surface area contributed by atoms with Crippen molar-refractivity contribution < 1.29 is 17.9 Å². The maximum Gasteiger partial charge on any atom is 0.243 e. The minimum atomic E-state index is -3.65. The summed E-state index contributed by atoms with van der Waals surface area (Å²) in [5, 5.41) is 2.91. The highest BCUT2D eigenvalue weighted by Gasteiger charge is 2.36. The van der Waals surface area contributed by atoms with Gasteiger partial charge in [0, 0.05) is 25.2 Å². The summed E-state index contributed by atoms with van der Waals surface area (Å²) >= 11 is 1.54. The third-order valence-electron chi connectivity index (χ3n) is 5.70. The van der Waals surface area contributed by atoms with Crippen LogP contribution in [0.25, 0.3) is 10.2 Å². The van der Waals surface area contributed by atoms with E-state index in [2.05, 4.69) is 10.3 Å². The van der Waals surface area contributed by atoms with E-state index in [1.54, 1.807) is 29.0 Å². The first-order valence-corrected chi connectivity index (χ1v) is 12.1. The van der Waals surface area contributed by atoms with Gasteiger partial charge < -0.3 is 10.1 Å². The predicted molar refractivity (Wildman–Crippen MR) is 115 cm³/mol. The molecule has 5 rings (SSSR count). The molecule has 2 aliphatic heterocycles.